The minimum Gasteiger partial charge on any atom is -0.381 e. The summed E-state index contributed by atoms with van der Waals surface area (Å²) in [5.41, 5.74) is 0. The molecule has 10 heavy (non-hydrogen) atoms. The molecule has 4 radical (unpaired) electrons. The molecule has 0 bridgehead atoms. The lowest BCUT2D eigenvalue weighted by molar-refractivity contribution is 0.146. The lowest BCUT2D eigenvalue weighted by Crippen LogP contribution is -2.05. The van der Waals surface area contributed by atoms with Gasteiger partial charge in [-0.2, -0.15) is 5.26 Å². The van der Waals surface area contributed by atoms with Crippen molar-refractivity contribution in [2.75, 3.05) is 7.11 Å². The Balaban J connectivity index is 2.98. The first kappa shape index (κ1) is 9.45. The van der Waals surface area contributed by atoms with Crippen LogP contribution in [0.1, 0.15) is 6.92 Å². The molecule has 2 heteroatoms. The molecule has 0 aromatic carbocycles. The molecular formula is C8H11NO. The van der Waals surface area contributed by atoms with E-state index < -0.39 is 0 Å². The van der Waals surface area contributed by atoms with Gasteiger partial charge in [0.05, 0.1) is 18.6 Å². The van der Waals surface area contributed by atoms with Gasteiger partial charge in [0.1, 0.15) is 0 Å². The standard InChI is InChI=1S/C8H11NO/c1-8(10-2)6-4-3-5-7-9/h3-6,8H,1-2H3/t8-/m1/s1. The van der Waals surface area contributed by atoms with E-state index in [1.807, 2.05) is 19.4 Å². The minimum atomic E-state index is 0.114. The Bertz CT molecular complexity index is 106. The van der Waals surface area contributed by atoms with Crippen LogP contribution in [0.5, 0.6) is 0 Å². The number of ether oxygens (including phenoxy) is 1. The number of nitriles is 1. The van der Waals surface area contributed by atoms with Crippen molar-refractivity contribution in [3.63, 3.8) is 0 Å². The number of rotatable bonds is 5. The number of methoxy groups -OCH3 is 1. The van der Waals surface area contributed by atoms with E-state index in [1.54, 1.807) is 20.0 Å². The van der Waals surface area contributed by atoms with Gasteiger partial charge in [0.2, 0.25) is 0 Å². The number of hydrogen-bond acceptors (Lipinski definition) is 2. The second kappa shape index (κ2) is 6.57. The molecule has 54 valence electrons. The molecule has 0 aliphatic carbocycles. The number of unbranched alkanes of at least 4 members (excludes halogenated alkanes) is 2. The Hall–Kier alpha value is -0.550. The number of nitrogens with zero attached hydrogens (tertiary/aromatic N) is 1. The fourth-order valence-corrected chi connectivity index (χ4v) is 0.398. The van der Waals surface area contributed by atoms with E-state index in [2.05, 4.69) is 0 Å². The van der Waals surface area contributed by atoms with Crippen molar-refractivity contribution in [1.29, 1.82) is 5.26 Å². The van der Waals surface area contributed by atoms with Crippen LogP contribution in [0.2, 0.25) is 0 Å². The molecule has 0 unspecified atom stereocenters. The van der Waals surface area contributed by atoms with Crippen molar-refractivity contribution in [3.05, 3.63) is 25.7 Å². The van der Waals surface area contributed by atoms with Gasteiger partial charge >= 0.3 is 0 Å². The molecular weight excluding hydrogens is 126 g/mol. The summed E-state index contributed by atoms with van der Waals surface area (Å²) >= 11 is 0. The Labute approximate surface area is 62.8 Å². The molecule has 0 spiro atoms. The van der Waals surface area contributed by atoms with Crippen LogP contribution in [-0.4, -0.2) is 13.2 Å². The molecule has 0 aliphatic rings. The van der Waals surface area contributed by atoms with Gasteiger partial charge in [0, 0.05) is 7.11 Å². The average molecular weight is 137 g/mol. The fraction of sp³-hybridized carbons (Fsp3) is 0.375. The maximum absolute atomic E-state index is 8.09. The molecule has 2 nitrogen and oxygen atoms in total. The Morgan fingerprint density at radius 1 is 1.50 bits per heavy atom. The molecule has 0 aromatic heterocycles. The van der Waals surface area contributed by atoms with Crippen molar-refractivity contribution in [3.8, 4) is 6.07 Å². The summed E-state index contributed by atoms with van der Waals surface area (Å²) in [7, 11) is 1.64. The van der Waals surface area contributed by atoms with Crippen LogP contribution in [0, 0.1) is 37.0 Å². The summed E-state index contributed by atoms with van der Waals surface area (Å²) in [6.07, 6.45) is 6.86. The fourth-order valence-electron chi connectivity index (χ4n) is 0.398. The van der Waals surface area contributed by atoms with Gasteiger partial charge in [0.15, 0.2) is 0 Å². The van der Waals surface area contributed by atoms with Gasteiger partial charge in [-0.25, -0.2) is 0 Å². The van der Waals surface area contributed by atoms with E-state index in [4.69, 9.17) is 10.00 Å². The summed E-state index contributed by atoms with van der Waals surface area (Å²) in [4.78, 5) is 0. The van der Waals surface area contributed by atoms with Crippen LogP contribution in [0.25, 0.3) is 0 Å². The molecule has 0 N–H and O–H groups in total. The third-order valence-electron chi connectivity index (χ3n) is 1.04. The molecule has 0 rings (SSSR count). The maximum atomic E-state index is 8.09. The molecule has 0 saturated heterocycles. The smallest absolute Gasteiger partial charge is 0.0672 e. The highest BCUT2D eigenvalue weighted by atomic mass is 16.5. The zero-order chi connectivity index (χ0) is 7.82. The van der Waals surface area contributed by atoms with Gasteiger partial charge < -0.3 is 4.74 Å². The average Bonchev–Trinajstić information content (AvgIpc) is 1.98. The Morgan fingerprint density at radius 2 is 2.20 bits per heavy atom. The van der Waals surface area contributed by atoms with E-state index in [1.165, 1.54) is 6.42 Å². The summed E-state index contributed by atoms with van der Waals surface area (Å²) in [6, 6.07) is 1.89. The highest BCUT2D eigenvalue weighted by Crippen LogP contribution is 2.00. The van der Waals surface area contributed by atoms with E-state index in [-0.39, 0.29) is 6.10 Å². The lowest BCUT2D eigenvalue weighted by atomic mass is 10.1. The van der Waals surface area contributed by atoms with Crippen LogP contribution in [0.3, 0.4) is 0 Å². The third kappa shape index (κ3) is 5.58. The molecule has 0 amide bonds. The molecule has 0 fully saturated rings. The van der Waals surface area contributed by atoms with Crippen LogP contribution in [0.15, 0.2) is 0 Å². The zero-order valence-corrected chi connectivity index (χ0v) is 6.24. The second-order valence-electron chi connectivity index (χ2n) is 1.81. The molecule has 0 saturated carbocycles. The van der Waals surface area contributed by atoms with Crippen LogP contribution in [-0.2, 0) is 4.74 Å². The molecule has 0 heterocycles. The SMILES string of the molecule is CO[C@H](C)[CH][CH][CH][CH]C#N. The largest absolute Gasteiger partial charge is 0.381 e. The maximum Gasteiger partial charge on any atom is 0.0672 e. The predicted octanol–water partition coefficient (Wildman–Crippen LogP) is 1.36. The third-order valence-corrected chi connectivity index (χ3v) is 1.04. The van der Waals surface area contributed by atoms with Crippen LogP contribution < -0.4 is 0 Å². The molecule has 0 aliphatic heterocycles. The van der Waals surface area contributed by atoms with Gasteiger partial charge in [-0.05, 0) is 26.2 Å². The van der Waals surface area contributed by atoms with Gasteiger partial charge in [-0.15, -0.1) is 0 Å². The van der Waals surface area contributed by atoms with Crippen molar-refractivity contribution in [1.82, 2.24) is 0 Å². The number of hydrogen-bond donors (Lipinski definition) is 0. The minimum absolute atomic E-state index is 0.114. The van der Waals surface area contributed by atoms with E-state index >= 15 is 0 Å². The zero-order valence-electron chi connectivity index (χ0n) is 6.24. The summed E-state index contributed by atoms with van der Waals surface area (Å²) < 4.78 is 4.93. The quantitative estimate of drug-likeness (QED) is 0.536. The highest BCUT2D eigenvalue weighted by molar-refractivity contribution is 5.13. The van der Waals surface area contributed by atoms with E-state index in [0.717, 1.165) is 0 Å². The summed E-state index contributed by atoms with van der Waals surface area (Å²) in [6.45, 7) is 1.93. The van der Waals surface area contributed by atoms with Crippen LogP contribution in [0.4, 0.5) is 0 Å². The predicted molar refractivity (Wildman–Crippen MR) is 39.3 cm³/mol. The van der Waals surface area contributed by atoms with Gasteiger partial charge in [-0.1, -0.05) is 0 Å². The molecule has 0 aromatic rings. The van der Waals surface area contributed by atoms with Crippen molar-refractivity contribution >= 4 is 0 Å². The van der Waals surface area contributed by atoms with Gasteiger partial charge in [-0.3, -0.25) is 0 Å². The topological polar surface area (TPSA) is 33.0 Å². The van der Waals surface area contributed by atoms with Crippen molar-refractivity contribution in [2.24, 2.45) is 0 Å². The summed E-state index contributed by atoms with van der Waals surface area (Å²) in [5, 5.41) is 8.09. The highest BCUT2D eigenvalue weighted by Gasteiger charge is 1.98. The van der Waals surface area contributed by atoms with E-state index in [9.17, 15) is 0 Å². The molecule has 1 atom stereocenters. The summed E-state index contributed by atoms with van der Waals surface area (Å²) in [5.74, 6) is 0. The second-order valence-corrected chi connectivity index (χ2v) is 1.81. The normalized spacial score (nSPS) is 12.5. The Kier molecular flexibility index (Phi) is 6.21. The Morgan fingerprint density at radius 3 is 2.70 bits per heavy atom. The monoisotopic (exact) mass is 137 g/mol. The first-order valence-corrected chi connectivity index (χ1v) is 3.07. The lowest BCUT2D eigenvalue weighted by Gasteiger charge is -2.05. The van der Waals surface area contributed by atoms with E-state index in [0.29, 0.717) is 0 Å². The van der Waals surface area contributed by atoms with Crippen molar-refractivity contribution in [2.45, 2.75) is 13.0 Å². The first-order valence-electron chi connectivity index (χ1n) is 3.07. The van der Waals surface area contributed by atoms with Gasteiger partial charge in [0.25, 0.3) is 0 Å². The van der Waals surface area contributed by atoms with Crippen LogP contribution >= 0.6 is 0 Å². The first-order chi connectivity index (χ1) is 4.81. The van der Waals surface area contributed by atoms with Crippen molar-refractivity contribution < 1.29 is 4.74 Å².